The van der Waals surface area contributed by atoms with Crippen molar-refractivity contribution in [1.82, 2.24) is 0 Å². The lowest BCUT2D eigenvalue weighted by Gasteiger charge is -2.12. The van der Waals surface area contributed by atoms with Gasteiger partial charge in [-0.2, -0.15) is 0 Å². The molecule has 0 aliphatic carbocycles. The third-order valence-electron chi connectivity index (χ3n) is 3.31. The van der Waals surface area contributed by atoms with Crippen LogP contribution in [-0.2, 0) is 14.3 Å². The van der Waals surface area contributed by atoms with Crippen molar-refractivity contribution in [3.63, 3.8) is 0 Å². The number of carbonyl (C=O) groups is 2. The Kier molecular flexibility index (Phi) is 6.67. The zero-order valence-electron chi connectivity index (χ0n) is 13.8. The zero-order chi connectivity index (χ0) is 18.4. The second kappa shape index (κ2) is 8.74. The minimum atomic E-state index is -0.639. The van der Waals surface area contributed by atoms with Crippen LogP contribution in [0.4, 0.5) is 5.69 Å². The van der Waals surface area contributed by atoms with E-state index in [1.54, 1.807) is 12.1 Å². The molecule has 0 aliphatic rings. The van der Waals surface area contributed by atoms with Crippen LogP contribution in [0.15, 0.2) is 36.4 Å². The van der Waals surface area contributed by atoms with Gasteiger partial charge in [0.1, 0.15) is 5.75 Å². The lowest BCUT2D eigenvalue weighted by molar-refractivity contribution is -0.149. The minimum Gasteiger partial charge on any atom is -0.481 e. The number of para-hydroxylation sites is 1. The van der Waals surface area contributed by atoms with E-state index in [2.05, 4.69) is 5.32 Å². The molecule has 25 heavy (non-hydrogen) atoms. The highest BCUT2D eigenvalue weighted by Gasteiger charge is 2.12. The Morgan fingerprint density at radius 2 is 1.72 bits per heavy atom. The molecule has 0 unspecified atom stereocenters. The number of hydrogen-bond acceptors (Lipinski definition) is 4. The van der Waals surface area contributed by atoms with Gasteiger partial charge in [0, 0.05) is 5.02 Å². The number of hydrogen-bond donors (Lipinski definition) is 1. The molecule has 0 saturated heterocycles. The van der Waals surface area contributed by atoms with Gasteiger partial charge in [-0.3, -0.25) is 4.79 Å². The van der Waals surface area contributed by atoms with Crippen LogP contribution in [0.1, 0.15) is 11.1 Å². The van der Waals surface area contributed by atoms with Crippen molar-refractivity contribution in [2.24, 2.45) is 0 Å². The minimum absolute atomic E-state index is 0.277. The number of benzene rings is 2. The second-order valence-corrected chi connectivity index (χ2v) is 6.19. The van der Waals surface area contributed by atoms with Gasteiger partial charge in [-0.15, -0.1) is 0 Å². The Bertz CT molecular complexity index is 772. The van der Waals surface area contributed by atoms with Gasteiger partial charge in [0.15, 0.2) is 13.2 Å². The van der Waals surface area contributed by atoms with Crippen molar-refractivity contribution in [2.75, 3.05) is 18.5 Å². The maximum atomic E-state index is 11.8. The fourth-order valence-corrected chi connectivity index (χ4v) is 2.58. The molecule has 2 rings (SSSR count). The fourth-order valence-electron chi connectivity index (χ4n) is 2.12. The van der Waals surface area contributed by atoms with Crippen molar-refractivity contribution in [3.05, 3.63) is 57.6 Å². The SMILES string of the molecule is Cc1cccc(C)c1OCC(=O)OCC(=O)Nc1ccc(Cl)cc1Cl. The number of anilines is 1. The number of rotatable bonds is 6. The van der Waals surface area contributed by atoms with Gasteiger partial charge in [-0.1, -0.05) is 41.4 Å². The van der Waals surface area contributed by atoms with Gasteiger partial charge >= 0.3 is 5.97 Å². The molecule has 2 aromatic rings. The van der Waals surface area contributed by atoms with E-state index in [1.807, 2.05) is 32.0 Å². The highest BCUT2D eigenvalue weighted by Crippen LogP contribution is 2.25. The molecule has 1 N–H and O–H groups in total. The quantitative estimate of drug-likeness (QED) is 0.762. The summed E-state index contributed by atoms with van der Waals surface area (Å²) < 4.78 is 10.4. The van der Waals surface area contributed by atoms with Crippen molar-refractivity contribution in [1.29, 1.82) is 0 Å². The largest absolute Gasteiger partial charge is 0.481 e. The summed E-state index contributed by atoms with van der Waals surface area (Å²) in [6.45, 7) is 3.06. The second-order valence-electron chi connectivity index (χ2n) is 5.34. The first-order valence-corrected chi connectivity index (χ1v) is 8.22. The van der Waals surface area contributed by atoms with E-state index in [1.165, 1.54) is 6.07 Å². The molecule has 0 fully saturated rings. The molecule has 0 saturated carbocycles. The number of halogens is 2. The highest BCUT2D eigenvalue weighted by atomic mass is 35.5. The van der Waals surface area contributed by atoms with Crippen LogP contribution in [0.25, 0.3) is 0 Å². The first-order valence-electron chi connectivity index (χ1n) is 7.46. The molecule has 0 radical (unpaired) electrons. The van der Waals surface area contributed by atoms with Gasteiger partial charge < -0.3 is 14.8 Å². The van der Waals surface area contributed by atoms with Gasteiger partial charge in [-0.05, 0) is 43.2 Å². The lowest BCUT2D eigenvalue weighted by Crippen LogP contribution is -2.24. The normalized spacial score (nSPS) is 10.2. The van der Waals surface area contributed by atoms with Crippen LogP contribution in [0.5, 0.6) is 5.75 Å². The molecule has 5 nitrogen and oxygen atoms in total. The van der Waals surface area contributed by atoms with E-state index in [0.717, 1.165) is 11.1 Å². The van der Waals surface area contributed by atoms with E-state index < -0.39 is 18.5 Å². The van der Waals surface area contributed by atoms with Crippen molar-refractivity contribution in [3.8, 4) is 5.75 Å². The molecule has 2 aromatic carbocycles. The molecule has 1 amide bonds. The van der Waals surface area contributed by atoms with E-state index in [0.29, 0.717) is 21.5 Å². The Labute approximate surface area is 155 Å². The summed E-state index contributed by atoms with van der Waals surface area (Å²) in [5.74, 6) is -0.513. The first-order chi connectivity index (χ1) is 11.9. The van der Waals surface area contributed by atoms with Crippen molar-refractivity contribution in [2.45, 2.75) is 13.8 Å². The average molecular weight is 382 g/mol. The monoisotopic (exact) mass is 381 g/mol. The maximum Gasteiger partial charge on any atom is 0.344 e. The molecule has 0 spiro atoms. The summed E-state index contributed by atoms with van der Waals surface area (Å²) >= 11 is 11.7. The van der Waals surface area contributed by atoms with Gasteiger partial charge in [0.2, 0.25) is 0 Å². The van der Waals surface area contributed by atoms with E-state index in [-0.39, 0.29) is 6.61 Å². The first kappa shape index (κ1) is 19.1. The molecule has 0 aromatic heterocycles. The third kappa shape index (κ3) is 5.66. The Balaban J connectivity index is 1.80. The van der Waals surface area contributed by atoms with Crippen molar-refractivity contribution < 1.29 is 19.1 Å². The van der Waals surface area contributed by atoms with Crippen molar-refractivity contribution >= 4 is 40.8 Å². The highest BCUT2D eigenvalue weighted by molar-refractivity contribution is 6.36. The van der Waals surface area contributed by atoms with Gasteiger partial charge in [0.25, 0.3) is 5.91 Å². The Morgan fingerprint density at radius 1 is 1.04 bits per heavy atom. The molecular formula is C18H17Cl2NO4. The topological polar surface area (TPSA) is 64.6 Å². The number of ether oxygens (including phenoxy) is 2. The van der Waals surface area contributed by atoms with Gasteiger partial charge in [0.05, 0.1) is 10.7 Å². The summed E-state index contributed by atoms with van der Waals surface area (Å²) in [5.41, 5.74) is 2.23. The third-order valence-corrected chi connectivity index (χ3v) is 3.86. The average Bonchev–Trinajstić information content (AvgIpc) is 2.55. The van der Waals surface area contributed by atoms with E-state index >= 15 is 0 Å². The molecule has 7 heteroatoms. The molecule has 0 bridgehead atoms. The van der Waals surface area contributed by atoms with Crippen LogP contribution in [0.2, 0.25) is 10.0 Å². The number of carbonyl (C=O) groups excluding carboxylic acids is 2. The fraction of sp³-hybridized carbons (Fsp3) is 0.222. The van der Waals surface area contributed by atoms with Crippen LogP contribution in [0, 0.1) is 13.8 Å². The predicted octanol–water partition coefficient (Wildman–Crippen LogP) is 4.17. The zero-order valence-corrected chi connectivity index (χ0v) is 15.3. The Hall–Kier alpha value is -2.24. The van der Waals surface area contributed by atoms with Gasteiger partial charge in [-0.25, -0.2) is 4.79 Å². The summed E-state index contributed by atoms with van der Waals surface area (Å²) in [4.78, 5) is 23.6. The summed E-state index contributed by atoms with van der Waals surface area (Å²) in [5, 5.41) is 3.29. The molecule has 0 atom stereocenters. The number of amides is 1. The number of esters is 1. The maximum absolute atomic E-state index is 11.8. The summed E-state index contributed by atoms with van der Waals surface area (Å²) in [7, 11) is 0. The predicted molar refractivity (Wildman–Crippen MR) is 97.5 cm³/mol. The molecule has 0 aliphatic heterocycles. The molecule has 0 heterocycles. The lowest BCUT2D eigenvalue weighted by atomic mass is 10.1. The van der Waals surface area contributed by atoms with Crippen LogP contribution < -0.4 is 10.1 Å². The van der Waals surface area contributed by atoms with E-state index in [9.17, 15) is 9.59 Å². The van der Waals surface area contributed by atoms with E-state index in [4.69, 9.17) is 32.7 Å². The summed E-state index contributed by atoms with van der Waals surface area (Å²) in [6, 6.07) is 10.3. The molecular weight excluding hydrogens is 365 g/mol. The Morgan fingerprint density at radius 3 is 2.36 bits per heavy atom. The molecule has 132 valence electrons. The van der Waals surface area contributed by atoms with Crippen LogP contribution in [-0.4, -0.2) is 25.1 Å². The smallest absolute Gasteiger partial charge is 0.344 e. The summed E-state index contributed by atoms with van der Waals surface area (Å²) in [6.07, 6.45) is 0. The van der Waals surface area contributed by atoms with Crippen LogP contribution >= 0.6 is 23.2 Å². The number of aryl methyl sites for hydroxylation is 2. The number of nitrogens with one attached hydrogen (secondary N) is 1. The standard InChI is InChI=1S/C18H17Cl2NO4/c1-11-4-3-5-12(2)18(11)25-10-17(23)24-9-16(22)21-15-7-6-13(19)8-14(15)20/h3-8H,9-10H2,1-2H3,(H,21,22). The van der Waals surface area contributed by atoms with Crippen LogP contribution in [0.3, 0.4) is 0 Å².